The summed E-state index contributed by atoms with van der Waals surface area (Å²) >= 11 is 0. The van der Waals surface area contributed by atoms with Gasteiger partial charge in [-0.25, -0.2) is 8.42 Å². The molecule has 2 N–H and O–H groups in total. The van der Waals surface area contributed by atoms with E-state index >= 15 is 0 Å². The number of rotatable bonds is 5. The lowest BCUT2D eigenvalue weighted by molar-refractivity contribution is 0.475. The zero-order valence-corrected chi connectivity index (χ0v) is 11.6. The van der Waals surface area contributed by atoms with E-state index in [0.717, 1.165) is 31.2 Å². The van der Waals surface area contributed by atoms with E-state index in [1.165, 1.54) is 0 Å². The van der Waals surface area contributed by atoms with Crippen LogP contribution in [-0.2, 0) is 9.84 Å². The molecule has 0 spiro atoms. The van der Waals surface area contributed by atoms with Gasteiger partial charge in [0.1, 0.15) is 0 Å². The van der Waals surface area contributed by atoms with Crippen molar-refractivity contribution in [3.05, 3.63) is 29.8 Å². The summed E-state index contributed by atoms with van der Waals surface area (Å²) < 4.78 is 25.0. The Labute approximate surface area is 109 Å². The van der Waals surface area contributed by atoms with Crippen molar-refractivity contribution in [1.82, 2.24) is 0 Å². The molecule has 0 bridgehead atoms. The highest BCUT2D eigenvalue weighted by atomic mass is 32.2. The standard InChI is InChI=1S/C14H21NO2S/c1-11(9-10-15)13-7-2-3-8-14(13)18(16,17)12-5-4-6-12/h2-3,7-8,11-12H,4-6,9-10,15H2,1H3. The van der Waals surface area contributed by atoms with Crippen LogP contribution in [0.2, 0.25) is 0 Å². The summed E-state index contributed by atoms with van der Waals surface area (Å²) in [4.78, 5) is 0.524. The Balaban J connectivity index is 2.38. The van der Waals surface area contributed by atoms with Gasteiger partial charge in [-0.3, -0.25) is 0 Å². The number of hydrogen-bond acceptors (Lipinski definition) is 3. The van der Waals surface area contributed by atoms with Crippen molar-refractivity contribution in [2.75, 3.05) is 6.54 Å². The Morgan fingerprint density at radius 1 is 1.33 bits per heavy atom. The molecule has 0 aliphatic heterocycles. The largest absolute Gasteiger partial charge is 0.330 e. The fraction of sp³-hybridized carbons (Fsp3) is 0.571. The van der Waals surface area contributed by atoms with Gasteiger partial charge in [0.2, 0.25) is 0 Å². The van der Waals surface area contributed by atoms with Gasteiger partial charge in [-0.1, -0.05) is 31.5 Å². The smallest absolute Gasteiger partial charge is 0.181 e. The van der Waals surface area contributed by atoms with Crippen molar-refractivity contribution in [1.29, 1.82) is 0 Å². The molecule has 1 atom stereocenters. The summed E-state index contributed by atoms with van der Waals surface area (Å²) in [6.45, 7) is 2.63. The average molecular weight is 267 g/mol. The fourth-order valence-corrected chi connectivity index (χ4v) is 4.59. The number of benzene rings is 1. The summed E-state index contributed by atoms with van der Waals surface area (Å²) in [6, 6.07) is 7.38. The van der Waals surface area contributed by atoms with Gasteiger partial charge in [-0.2, -0.15) is 0 Å². The number of hydrogen-bond donors (Lipinski definition) is 1. The lowest BCUT2D eigenvalue weighted by Crippen LogP contribution is -2.29. The predicted molar refractivity (Wildman–Crippen MR) is 73.4 cm³/mol. The third-order valence-electron chi connectivity index (χ3n) is 3.85. The van der Waals surface area contributed by atoms with Crippen molar-refractivity contribution < 1.29 is 8.42 Å². The van der Waals surface area contributed by atoms with Crippen LogP contribution in [0.1, 0.15) is 44.1 Å². The summed E-state index contributed by atoms with van der Waals surface area (Å²) in [5.74, 6) is 0.195. The van der Waals surface area contributed by atoms with E-state index in [1.54, 1.807) is 6.07 Å². The fourth-order valence-electron chi connectivity index (χ4n) is 2.41. The normalized spacial score (nSPS) is 18.3. The van der Waals surface area contributed by atoms with E-state index in [2.05, 4.69) is 0 Å². The molecule has 1 fully saturated rings. The molecule has 1 aromatic rings. The molecule has 1 aliphatic rings. The quantitative estimate of drug-likeness (QED) is 0.891. The predicted octanol–water partition coefficient (Wildman–Crippen LogP) is 2.47. The second kappa shape index (κ2) is 5.41. The van der Waals surface area contributed by atoms with Gasteiger partial charge in [-0.15, -0.1) is 0 Å². The van der Waals surface area contributed by atoms with Gasteiger partial charge in [-0.05, 0) is 43.4 Å². The molecule has 18 heavy (non-hydrogen) atoms. The summed E-state index contributed by atoms with van der Waals surface area (Å²) in [6.07, 6.45) is 3.46. The van der Waals surface area contributed by atoms with Crippen LogP contribution in [0.15, 0.2) is 29.2 Å². The maximum Gasteiger partial charge on any atom is 0.181 e. The first-order valence-electron chi connectivity index (χ1n) is 6.60. The molecule has 100 valence electrons. The SMILES string of the molecule is CC(CCN)c1ccccc1S(=O)(=O)C1CCC1. The first kappa shape index (κ1) is 13.6. The molecule has 0 radical (unpaired) electrons. The highest BCUT2D eigenvalue weighted by Gasteiger charge is 2.34. The summed E-state index contributed by atoms with van der Waals surface area (Å²) in [7, 11) is -3.14. The summed E-state index contributed by atoms with van der Waals surface area (Å²) in [5.41, 5.74) is 6.50. The Hall–Kier alpha value is -0.870. The number of nitrogens with two attached hydrogens (primary N) is 1. The van der Waals surface area contributed by atoms with E-state index in [-0.39, 0.29) is 11.2 Å². The highest BCUT2D eigenvalue weighted by molar-refractivity contribution is 7.92. The lowest BCUT2D eigenvalue weighted by atomic mass is 9.98. The molecule has 1 aliphatic carbocycles. The molecule has 3 nitrogen and oxygen atoms in total. The van der Waals surface area contributed by atoms with Crippen molar-refractivity contribution in [2.24, 2.45) is 5.73 Å². The van der Waals surface area contributed by atoms with Crippen molar-refractivity contribution in [3.8, 4) is 0 Å². The minimum absolute atomic E-state index is 0.163. The second-order valence-corrected chi connectivity index (χ2v) is 7.31. The third-order valence-corrected chi connectivity index (χ3v) is 6.18. The van der Waals surface area contributed by atoms with Gasteiger partial charge >= 0.3 is 0 Å². The van der Waals surface area contributed by atoms with Gasteiger partial charge in [0.25, 0.3) is 0 Å². The molecule has 0 saturated heterocycles. The topological polar surface area (TPSA) is 60.2 Å². The number of sulfone groups is 1. The van der Waals surface area contributed by atoms with Crippen molar-refractivity contribution >= 4 is 9.84 Å². The van der Waals surface area contributed by atoms with Crippen LogP contribution < -0.4 is 5.73 Å². The van der Waals surface area contributed by atoms with Crippen LogP contribution in [0.25, 0.3) is 0 Å². The van der Waals surface area contributed by atoms with Crippen LogP contribution in [0.3, 0.4) is 0 Å². The Morgan fingerprint density at radius 2 is 2.00 bits per heavy atom. The molecule has 2 rings (SSSR count). The van der Waals surface area contributed by atoms with E-state index in [0.29, 0.717) is 11.4 Å². The highest BCUT2D eigenvalue weighted by Crippen LogP contribution is 2.35. The molecule has 0 heterocycles. The molecule has 1 aromatic carbocycles. The Bertz CT molecular complexity index is 506. The average Bonchev–Trinajstić information content (AvgIpc) is 2.26. The van der Waals surface area contributed by atoms with Gasteiger partial charge in [0.15, 0.2) is 9.84 Å². The minimum Gasteiger partial charge on any atom is -0.330 e. The molecule has 0 aromatic heterocycles. The summed E-state index contributed by atoms with van der Waals surface area (Å²) in [5, 5.41) is -0.163. The zero-order valence-electron chi connectivity index (χ0n) is 10.8. The first-order chi connectivity index (χ1) is 8.57. The molecular weight excluding hydrogens is 246 g/mol. The maximum absolute atomic E-state index is 12.5. The van der Waals surface area contributed by atoms with E-state index in [1.807, 2.05) is 25.1 Å². The lowest BCUT2D eigenvalue weighted by Gasteiger charge is -2.27. The van der Waals surface area contributed by atoms with Crippen molar-refractivity contribution in [3.63, 3.8) is 0 Å². The monoisotopic (exact) mass is 267 g/mol. The van der Waals surface area contributed by atoms with Gasteiger partial charge in [0.05, 0.1) is 10.1 Å². The molecular formula is C14H21NO2S. The Kier molecular flexibility index (Phi) is 4.07. The zero-order chi connectivity index (χ0) is 13.2. The van der Waals surface area contributed by atoms with Crippen LogP contribution in [-0.4, -0.2) is 20.2 Å². The van der Waals surface area contributed by atoms with Crippen LogP contribution in [0.5, 0.6) is 0 Å². The van der Waals surface area contributed by atoms with E-state index in [9.17, 15) is 8.42 Å². The van der Waals surface area contributed by atoms with Gasteiger partial charge in [0, 0.05) is 0 Å². The molecule has 1 unspecified atom stereocenters. The van der Waals surface area contributed by atoms with Crippen LogP contribution in [0.4, 0.5) is 0 Å². The van der Waals surface area contributed by atoms with E-state index < -0.39 is 9.84 Å². The second-order valence-electron chi connectivity index (χ2n) is 5.11. The maximum atomic E-state index is 12.5. The van der Waals surface area contributed by atoms with Crippen LogP contribution in [0, 0.1) is 0 Å². The van der Waals surface area contributed by atoms with Crippen LogP contribution >= 0.6 is 0 Å². The molecule has 1 saturated carbocycles. The van der Waals surface area contributed by atoms with Gasteiger partial charge < -0.3 is 5.73 Å². The van der Waals surface area contributed by atoms with Crippen molar-refractivity contribution in [2.45, 2.75) is 48.7 Å². The van der Waals surface area contributed by atoms with E-state index in [4.69, 9.17) is 5.73 Å². The minimum atomic E-state index is -3.14. The molecule has 0 amide bonds. The third kappa shape index (κ3) is 2.45. The Morgan fingerprint density at radius 3 is 2.56 bits per heavy atom. The molecule has 4 heteroatoms. The first-order valence-corrected chi connectivity index (χ1v) is 8.15.